The zero-order chi connectivity index (χ0) is 17.7. The average molecular weight is 361 g/mol. The van der Waals surface area contributed by atoms with Crippen molar-refractivity contribution in [3.63, 3.8) is 0 Å². The molecule has 5 nitrogen and oxygen atoms in total. The molecule has 0 saturated carbocycles. The minimum absolute atomic E-state index is 0.0308. The highest BCUT2D eigenvalue weighted by atomic mass is 35.5. The van der Waals surface area contributed by atoms with Gasteiger partial charge in [-0.1, -0.05) is 11.6 Å². The summed E-state index contributed by atoms with van der Waals surface area (Å²) < 4.78 is 36.4. The molecule has 0 bridgehead atoms. The Labute approximate surface area is 146 Å². The molecule has 0 spiro atoms. The highest BCUT2D eigenvalue weighted by Crippen LogP contribution is 2.42. The van der Waals surface area contributed by atoms with Crippen molar-refractivity contribution in [1.29, 1.82) is 0 Å². The maximum Gasteiger partial charge on any atom is 0.306 e. The zero-order valence-electron chi connectivity index (χ0n) is 14.1. The Balaban J connectivity index is 2.43. The van der Waals surface area contributed by atoms with Crippen molar-refractivity contribution in [1.82, 2.24) is 0 Å². The standard InChI is InChI=1S/C17H22ClFO5/c1-4-21-14(20)7-6-11-15(19)13(18)10-12(16(11)22-5-2)17(3)23-8-9-24-17/h10H,4-9H2,1-3H3. The molecule has 0 atom stereocenters. The molecule has 0 aliphatic carbocycles. The van der Waals surface area contributed by atoms with Crippen molar-refractivity contribution in [2.45, 2.75) is 39.4 Å². The van der Waals surface area contributed by atoms with Crippen molar-refractivity contribution < 1.29 is 28.1 Å². The van der Waals surface area contributed by atoms with Gasteiger partial charge in [-0.15, -0.1) is 0 Å². The van der Waals surface area contributed by atoms with Crippen LogP contribution in [0.2, 0.25) is 5.02 Å². The number of rotatable bonds is 7. The van der Waals surface area contributed by atoms with Crippen LogP contribution in [-0.2, 0) is 31.2 Å². The van der Waals surface area contributed by atoms with Crippen molar-refractivity contribution in [2.75, 3.05) is 26.4 Å². The third-order valence-corrected chi connectivity index (χ3v) is 4.04. The van der Waals surface area contributed by atoms with E-state index in [1.54, 1.807) is 20.8 Å². The number of carbonyl (C=O) groups excluding carboxylic acids is 1. The summed E-state index contributed by atoms with van der Waals surface area (Å²) in [6.45, 7) is 6.71. The summed E-state index contributed by atoms with van der Waals surface area (Å²) in [4.78, 5) is 11.6. The summed E-state index contributed by atoms with van der Waals surface area (Å²) in [5.41, 5.74) is 0.750. The summed E-state index contributed by atoms with van der Waals surface area (Å²) in [5.74, 6) is -1.75. The van der Waals surface area contributed by atoms with Crippen LogP contribution >= 0.6 is 11.6 Å². The first-order valence-electron chi connectivity index (χ1n) is 8.00. The van der Waals surface area contributed by atoms with Gasteiger partial charge in [0.1, 0.15) is 11.6 Å². The fourth-order valence-corrected chi connectivity index (χ4v) is 2.89. The van der Waals surface area contributed by atoms with Crippen molar-refractivity contribution >= 4 is 17.6 Å². The lowest BCUT2D eigenvalue weighted by Gasteiger charge is -2.27. The van der Waals surface area contributed by atoms with Crippen LogP contribution in [0.15, 0.2) is 6.07 Å². The quantitative estimate of drug-likeness (QED) is 0.695. The second-order valence-electron chi connectivity index (χ2n) is 5.41. The Hall–Kier alpha value is -1.37. The highest BCUT2D eigenvalue weighted by Gasteiger charge is 2.38. The van der Waals surface area contributed by atoms with Gasteiger partial charge >= 0.3 is 5.97 Å². The highest BCUT2D eigenvalue weighted by molar-refractivity contribution is 6.31. The molecule has 0 aromatic heterocycles. The Morgan fingerprint density at radius 2 is 2.00 bits per heavy atom. The van der Waals surface area contributed by atoms with Crippen LogP contribution in [0.4, 0.5) is 4.39 Å². The molecule has 1 aromatic carbocycles. The lowest BCUT2D eigenvalue weighted by molar-refractivity contribution is -0.150. The summed E-state index contributed by atoms with van der Waals surface area (Å²) in [6, 6.07) is 1.46. The van der Waals surface area contributed by atoms with E-state index in [-0.39, 0.29) is 30.0 Å². The second-order valence-corrected chi connectivity index (χ2v) is 5.82. The molecule has 7 heteroatoms. The molecule has 0 radical (unpaired) electrons. The number of benzene rings is 1. The number of hydrogen-bond acceptors (Lipinski definition) is 5. The molecular weight excluding hydrogens is 339 g/mol. The van der Waals surface area contributed by atoms with E-state index in [4.69, 9.17) is 30.5 Å². The summed E-state index contributed by atoms with van der Waals surface area (Å²) >= 11 is 6.05. The minimum atomic E-state index is -1.06. The molecule has 1 aliphatic heterocycles. The fourth-order valence-electron chi connectivity index (χ4n) is 2.66. The first-order chi connectivity index (χ1) is 11.4. The normalized spacial score (nSPS) is 16.2. The van der Waals surface area contributed by atoms with Gasteiger partial charge in [0.2, 0.25) is 0 Å². The van der Waals surface area contributed by atoms with Crippen LogP contribution in [0.3, 0.4) is 0 Å². The van der Waals surface area contributed by atoms with Gasteiger partial charge < -0.3 is 18.9 Å². The number of carbonyl (C=O) groups is 1. The van der Waals surface area contributed by atoms with Gasteiger partial charge in [-0.25, -0.2) is 4.39 Å². The molecule has 0 N–H and O–H groups in total. The van der Waals surface area contributed by atoms with Gasteiger partial charge in [0.05, 0.1) is 37.0 Å². The summed E-state index contributed by atoms with van der Waals surface area (Å²) in [5, 5.41) is -0.0624. The molecular formula is C17H22ClFO5. The minimum Gasteiger partial charge on any atom is -0.493 e. The smallest absolute Gasteiger partial charge is 0.306 e. The van der Waals surface area contributed by atoms with E-state index in [0.717, 1.165) is 0 Å². The van der Waals surface area contributed by atoms with E-state index in [1.165, 1.54) is 6.07 Å². The predicted molar refractivity (Wildman–Crippen MR) is 86.8 cm³/mol. The first-order valence-corrected chi connectivity index (χ1v) is 8.38. The Kier molecular flexibility index (Phi) is 6.43. The Bertz CT molecular complexity index is 599. The van der Waals surface area contributed by atoms with Crippen LogP contribution in [0, 0.1) is 5.82 Å². The van der Waals surface area contributed by atoms with E-state index in [1.807, 2.05) is 0 Å². The van der Waals surface area contributed by atoms with Gasteiger partial charge in [-0.3, -0.25) is 4.79 Å². The van der Waals surface area contributed by atoms with Gasteiger partial charge in [-0.2, -0.15) is 0 Å². The van der Waals surface area contributed by atoms with Gasteiger partial charge in [-0.05, 0) is 33.3 Å². The zero-order valence-corrected chi connectivity index (χ0v) is 14.9. The predicted octanol–water partition coefficient (Wildman–Crippen LogP) is 3.59. The molecule has 1 aromatic rings. The Morgan fingerprint density at radius 3 is 2.58 bits per heavy atom. The third kappa shape index (κ3) is 3.99. The largest absolute Gasteiger partial charge is 0.493 e. The van der Waals surface area contributed by atoms with Crippen LogP contribution in [0.5, 0.6) is 5.75 Å². The number of ether oxygens (including phenoxy) is 4. The molecule has 1 saturated heterocycles. The number of hydrogen-bond donors (Lipinski definition) is 0. The molecule has 2 rings (SSSR count). The summed E-state index contributed by atoms with van der Waals surface area (Å²) in [7, 11) is 0. The molecule has 1 heterocycles. The lowest BCUT2D eigenvalue weighted by atomic mass is 9.98. The van der Waals surface area contributed by atoms with E-state index in [9.17, 15) is 9.18 Å². The van der Waals surface area contributed by atoms with Gasteiger partial charge in [0.25, 0.3) is 0 Å². The maximum absolute atomic E-state index is 14.6. The van der Waals surface area contributed by atoms with Crippen LogP contribution in [0.1, 0.15) is 38.3 Å². The van der Waals surface area contributed by atoms with Crippen molar-refractivity contribution in [3.05, 3.63) is 28.0 Å². The monoisotopic (exact) mass is 360 g/mol. The summed E-state index contributed by atoms with van der Waals surface area (Å²) in [6.07, 6.45) is 0.146. The number of halogens is 2. The van der Waals surface area contributed by atoms with Crippen LogP contribution in [0.25, 0.3) is 0 Å². The molecule has 24 heavy (non-hydrogen) atoms. The first kappa shape index (κ1) is 19.0. The third-order valence-electron chi connectivity index (χ3n) is 3.77. The van der Waals surface area contributed by atoms with Crippen LogP contribution in [-0.4, -0.2) is 32.4 Å². The Morgan fingerprint density at radius 1 is 1.33 bits per heavy atom. The van der Waals surface area contributed by atoms with E-state index < -0.39 is 17.6 Å². The molecule has 1 aliphatic rings. The van der Waals surface area contributed by atoms with Gasteiger partial charge in [0, 0.05) is 12.0 Å². The van der Waals surface area contributed by atoms with E-state index in [0.29, 0.717) is 31.1 Å². The average Bonchev–Trinajstić information content (AvgIpc) is 2.98. The SMILES string of the molecule is CCOC(=O)CCc1c(F)c(Cl)cc(C2(C)OCCO2)c1OCC. The maximum atomic E-state index is 14.6. The fraction of sp³-hybridized carbons (Fsp3) is 0.588. The number of esters is 1. The molecule has 134 valence electrons. The topological polar surface area (TPSA) is 54.0 Å². The lowest BCUT2D eigenvalue weighted by Crippen LogP contribution is -2.24. The van der Waals surface area contributed by atoms with E-state index in [2.05, 4.69) is 0 Å². The van der Waals surface area contributed by atoms with E-state index >= 15 is 0 Å². The van der Waals surface area contributed by atoms with Crippen LogP contribution < -0.4 is 4.74 Å². The molecule has 0 amide bonds. The molecule has 1 fully saturated rings. The second kappa shape index (κ2) is 8.14. The van der Waals surface area contributed by atoms with Crippen molar-refractivity contribution in [3.8, 4) is 5.75 Å². The van der Waals surface area contributed by atoms with Crippen molar-refractivity contribution in [2.24, 2.45) is 0 Å². The van der Waals surface area contributed by atoms with Gasteiger partial charge in [0.15, 0.2) is 5.79 Å². The molecule has 0 unspecified atom stereocenters.